The quantitative estimate of drug-likeness (QED) is 0.467. The van der Waals surface area contributed by atoms with Crippen LogP contribution in [0.5, 0.6) is 0 Å². The average molecular weight is 254 g/mol. The SMILES string of the molecule is C=C(C)C(=O)OCCC(C)(C(C)C)C(C)CCC. The van der Waals surface area contributed by atoms with Gasteiger partial charge in [0.2, 0.25) is 0 Å². The second-order valence-corrected chi connectivity index (χ2v) is 6.02. The van der Waals surface area contributed by atoms with Gasteiger partial charge in [-0.3, -0.25) is 0 Å². The molecule has 0 aliphatic rings. The molecule has 0 bridgehead atoms. The van der Waals surface area contributed by atoms with Gasteiger partial charge in [0.15, 0.2) is 0 Å². The van der Waals surface area contributed by atoms with E-state index in [4.69, 9.17) is 4.74 Å². The molecule has 0 spiro atoms. The van der Waals surface area contributed by atoms with Crippen molar-refractivity contribution in [3.8, 4) is 0 Å². The molecule has 2 nitrogen and oxygen atoms in total. The van der Waals surface area contributed by atoms with E-state index in [1.54, 1.807) is 6.92 Å². The Balaban J connectivity index is 4.45. The fourth-order valence-corrected chi connectivity index (χ4v) is 2.35. The third kappa shape index (κ3) is 4.83. The van der Waals surface area contributed by atoms with Crippen LogP contribution in [0.25, 0.3) is 0 Å². The van der Waals surface area contributed by atoms with Crippen LogP contribution in [0.2, 0.25) is 0 Å². The van der Waals surface area contributed by atoms with Crippen LogP contribution in [-0.4, -0.2) is 12.6 Å². The summed E-state index contributed by atoms with van der Waals surface area (Å²) >= 11 is 0. The van der Waals surface area contributed by atoms with Crippen molar-refractivity contribution < 1.29 is 9.53 Å². The van der Waals surface area contributed by atoms with Gasteiger partial charge in [0.1, 0.15) is 0 Å². The van der Waals surface area contributed by atoms with Crippen LogP contribution >= 0.6 is 0 Å². The number of ether oxygens (including phenoxy) is 1. The Morgan fingerprint density at radius 2 is 1.89 bits per heavy atom. The first-order valence-electron chi connectivity index (χ1n) is 7.08. The molecular formula is C16H30O2. The van der Waals surface area contributed by atoms with Gasteiger partial charge in [0.05, 0.1) is 6.61 Å². The fraction of sp³-hybridized carbons (Fsp3) is 0.812. The standard InChI is InChI=1S/C16H30O2/c1-8-9-14(6)16(7,13(4)5)10-11-18-15(17)12(2)3/h13-14H,2,8-11H2,1,3-7H3. The lowest BCUT2D eigenvalue weighted by atomic mass is 9.66. The smallest absolute Gasteiger partial charge is 0.333 e. The highest BCUT2D eigenvalue weighted by atomic mass is 16.5. The first-order chi connectivity index (χ1) is 8.25. The van der Waals surface area contributed by atoms with E-state index in [0.29, 0.717) is 24.0 Å². The largest absolute Gasteiger partial charge is 0.462 e. The normalized spacial score (nSPS) is 16.2. The Morgan fingerprint density at radius 1 is 1.33 bits per heavy atom. The van der Waals surface area contributed by atoms with Crippen molar-refractivity contribution in [3.05, 3.63) is 12.2 Å². The lowest BCUT2D eigenvalue weighted by molar-refractivity contribution is -0.140. The Kier molecular flexibility index (Phi) is 7.27. The van der Waals surface area contributed by atoms with Crippen molar-refractivity contribution in [3.63, 3.8) is 0 Å². The molecule has 0 aliphatic heterocycles. The molecule has 0 N–H and O–H groups in total. The van der Waals surface area contributed by atoms with Gasteiger partial charge in [0, 0.05) is 5.57 Å². The van der Waals surface area contributed by atoms with E-state index < -0.39 is 0 Å². The minimum absolute atomic E-state index is 0.228. The monoisotopic (exact) mass is 254 g/mol. The van der Waals surface area contributed by atoms with Gasteiger partial charge in [-0.15, -0.1) is 0 Å². The van der Waals surface area contributed by atoms with Crippen molar-refractivity contribution in [2.24, 2.45) is 17.3 Å². The molecule has 0 saturated carbocycles. The molecule has 0 aromatic carbocycles. The average Bonchev–Trinajstić information content (AvgIpc) is 2.28. The summed E-state index contributed by atoms with van der Waals surface area (Å²) in [5.74, 6) is 0.956. The topological polar surface area (TPSA) is 26.3 Å². The Morgan fingerprint density at radius 3 is 2.28 bits per heavy atom. The van der Waals surface area contributed by atoms with Crippen LogP contribution in [0, 0.1) is 17.3 Å². The molecule has 2 atom stereocenters. The minimum Gasteiger partial charge on any atom is -0.462 e. The third-order valence-electron chi connectivity index (χ3n) is 4.39. The number of hydrogen-bond acceptors (Lipinski definition) is 2. The van der Waals surface area contributed by atoms with Crippen LogP contribution in [0.4, 0.5) is 0 Å². The predicted molar refractivity (Wildman–Crippen MR) is 77.4 cm³/mol. The Hall–Kier alpha value is -0.790. The molecule has 0 aromatic rings. The summed E-state index contributed by atoms with van der Waals surface area (Å²) in [6, 6.07) is 0. The third-order valence-corrected chi connectivity index (χ3v) is 4.39. The first-order valence-corrected chi connectivity index (χ1v) is 7.08. The lowest BCUT2D eigenvalue weighted by Crippen LogP contribution is -2.33. The van der Waals surface area contributed by atoms with E-state index in [1.807, 2.05) is 0 Å². The molecule has 2 heteroatoms. The summed E-state index contributed by atoms with van der Waals surface area (Å²) < 4.78 is 5.24. The zero-order valence-electron chi connectivity index (χ0n) is 13.0. The van der Waals surface area contributed by atoms with E-state index in [9.17, 15) is 4.79 Å². The summed E-state index contributed by atoms with van der Waals surface area (Å²) in [5, 5.41) is 0. The highest BCUT2D eigenvalue weighted by Crippen LogP contribution is 2.41. The van der Waals surface area contributed by atoms with Crippen molar-refractivity contribution in [1.82, 2.24) is 0 Å². The summed E-state index contributed by atoms with van der Waals surface area (Å²) in [6.07, 6.45) is 3.35. The van der Waals surface area contributed by atoms with E-state index in [-0.39, 0.29) is 11.4 Å². The summed E-state index contributed by atoms with van der Waals surface area (Å²) in [7, 11) is 0. The molecule has 0 aromatic heterocycles. The van der Waals surface area contributed by atoms with E-state index in [2.05, 4.69) is 41.2 Å². The second kappa shape index (κ2) is 7.60. The number of esters is 1. The Labute approximate surface area is 113 Å². The molecule has 0 fully saturated rings. The van der Waals surface area contributed by atoms with Gasteiger partial charge in [-0.1, -0.05) is 54.0 Å². The van der Waals surface area contributed by atoms with Crippen LogP contribution < -0.4 is 0 Å². The van der Waals surface area contributed by atoms with Gasteiger partial charge < -0.3 is 4.74 Å². The number of carbonyl (C=O) groups is 1. The van der Waals surface area contributed by atoms with Crippen molar-refractivity contribution in [1.29, 1.82) is 0 Å². The van der Waals surface area contributed by atoms with Gasteiger partial charge >= 0.3 is 5.97 Å². The maximum atomic E-state index is 11.4. The summed E-state index contributed by atoms with van der Waals surface area (Å²) in [5.41, 5.74) is 0.702. The summed E-state index contributed by atoms with van der Waals surface area (Å²) in [6.45, 7) is 17.1. The van der Waals surface area contributed by atoms with Gasteiger partial charge in [0.25, 0.3) is 0 Å². The molecule has 0 aliphatic carbocycles. The van der Waals surface area contributed by atoms with E-state index >= 15 is 0 Å². The molecule has 106 valence electrons. The highest BCUT2D eigenvalue weighted by Gasteiger charge is 2.33. The zero-order chi connectivity index (χ0) is 14.3. The van der Waals surface area contributed by atoms with Gasteiger partial charge in [-0.2, -0.15) is 0 Å². The van der Waals surface area contributed by atoms with Crippen molar-refractivity contribution >= 4 is 5.97 Å². The lowest BCUT2D eigenvalue weighted by Gasteiger charge is -2.39. The minimum atomic E-state index is -0.274. The predicted octanol–water partition coefficient (Wildman–Crippen LogP) is 4.59. The van der Waals surface area contributed by atoms with Crippen LogP contribution in [-0.2, 0) is 9.53 Å². The second-order valence-electron chi connectivity index (χ2n) is 6.02. The van der Waals surface area contributed by atoms with Gasteiger partial charge in [-0.25, -0.2) is 4.79 Å². The highest BCUT2D eigenvalue weighted by molar-refractivity contribution is 5.86. The van der Waals surface area contributed by atoms with Crippen molar-refractivity contribution in [2.75, 3.05) is 6.61 Å². The molecule has 0 heterocycles. The van der Waals surface area contributed by atoms with Crippen LogP contribution in [0.15, 0.2) is 12.2 Å². The molecule has 0 saturated heterocycles. The molecule has 0 rings (SSSR count). The van der Waals surface area contributed by atoms with E-state index in [0.717, 1.165) is 6.42 Å². The number of rotatable bonds is 8. The molecule has 2 unspecified atom stereocenters. The zero-order valence-corrected chi connectivity index (χ0v) is 13.0. The Bertz CT molecular complexity index is 281. The molecular weight excluding hydrogens is 224 g/mol. The summed E-state index contributed by atoms with van der Waals surface area (Å²) in [4.78, 5) is 11.4. The number of carbonyl (C=O) groups excluding carboxylic acids is 1. The fourth-order valence-electron chi connectivity index (χ4n) is 2.35. The van der Waals surface area contributed by atoms with Crippen LogP contribution in [0.1, 0.15) is 60.8 Å². The van der Waals surface area contributed by atoms with E-state index in [1.165, 1.54) is 12.8 Å². The van der Waals surface area contributed by atoms with Crippen LogP contribution in [0.3, 0.4) is 0 Å². The maximum absolute atomic E-state index is 11.4. The van der Waals surface area contributed by atoms with Gasteiger partial charge in [-0.05, 0) is 30.6 Å². The molecule has 18 heavy (non-hydrogen) atoms. The maximum Gasteiger partial charge on any atom is 0.333 e. The number of hydrogen-bond donors (Lipinski definition) is 0. The molecule has 0 radical (unpaired) electrons. The first kappa shape index (κ1) is 17.2. The van der Waals surface area contributed by atoms with Crippen molar-refractivity contribution in [2.45, 2.75) is 60.8 Å². The molecule has 0 amide bonds.